The molecule has 1 saturated heterocycles. The molecule has 10 heteroatoms. The molecule has 3 rings (SSSR count). The number of carbonyl (C=O) groups is 3. The number of hydrogen-bond acceptors (Lipinski definition) is 6. The summed E-state index contributed by atoms with van der Waals surface area (Å²) in [6.45, 7) is 1.62. The first kappa shape index (κ1) is 18.3. The number of ether oxygens (including phenoxy) is 1. The fourth-order valence-corrected chi connectivity index (χ4v) is 4.92. The van der Waals surface area contributed by atoms with Gasteiger partial charge in [0, 0.05) is 32.2 Å². The lowest BCUT2D eigenvalue weighted by Crippen LogP contribution is -2.40. The zero-order chi connectivity index (χ0) is 19.2. The molecule has 1 aromatic carbocycles. The molecule has 1 fully saturated rings. The van der Waals surface area contributed by atoms with Gasteiger partial charge in [-0.25, -0.2) is 17.5 Å². The van der Waals surface area contributed by atoms with Crippen molar-refractivity contribution in [2.24, 2.45) is 0 Å². The van der Waals surface area contributed by atoms with Crippen LogP contribution >= 0.6 is 0 Å². The van der Waals surface area contributed by atoms with Crippen molar-refractivity contribution in [2.75, 3.05) is 20.2 Å². The molecule has 1 N–H and O–H groups in total. The van der Waals surface area contributed by atoms with Crippen molar-refractivity contribution in [3.8, 4) is 0 Å². The van der Waals surface area contributed by atoms with Crippen molar-refractivity contribution in [1.82, 2.24) is 9.21 Å². The van der Waals surface area contributed by atoms with E-state index in [9.17, 15) is 27.9 Å². The molecule has 0 aromatic heterocycles. The number of methoxy groups -OCH3 is 1. The molecule has 2 amide bonds. The number of nitrogens with zero attached hydrogens (tertiary/aromatic N) is 2. The second-order valence-corrected chi connectivity index (χ2v) is 7.92. The SMILES string of the molecule is CCN1C(=O)c2ccc(C(=O)N3CC(OC)CC3C(=O)O)cc2S1(=O)=O. The van der Waals surface area contributed by atoms with Crippen LogP contribution in [-0.4, -0.2) is 72.9 Å². The van der Waals surface area contributed by atoms with E-state index in [0.29, 0.717) is 0 Å². The molecule has 0 spiro atoms. The number of likely N-dealkylation sites (tertiary alicyclic amines) is 1. The zero-order valence-corrected chi connectivity index (χ0v) is 15.0. The third-order valence-corrected chi connectivity index (χ3v) is 6.58. The lowest BCUT2D eigenvalue weighted by atomic mass is 10.1. The largest absolute Gasteiger partial charge is 0.480 e. The fraction of sp³-hybridized carbons (Fsp3) is 0.438. The second kappa shape index (κ2) is 6.36. The molecule has 2 heterocycles. The predicted octanol–water partition coefficient (Wildman–Crippen LogP) is 0.165. The monoisotopic (exact) mass is 382 g/mol. The summed E-state index contributed by atoms with van der Waals surface area (Å²) in [7, 11) is -2.56. The van der Waals surface area contributed by atoms with Crippen LogP contribution in [0.1, 0.15) is 34.1 Å². The van der Waals surface area contributed by atoms with Crippen LogP contribution in [0.3, 0.4) is 0 Å². The van der Waals surface area contributed by atoms with Crippen molar-refractivity contribution < 1.29 is 32.6 Å². The number of benzene rings is 1. The summed E-state index contributed by atoms with van der Waals surface area (Å²) in [5.41, 5.74) is 0.0236. The Morgan fingerprint density at radius 2 is 2.04 bits per heavy atom. The number of sulfonamides is 1. The van der Waals surface area contributed by atoms with Gasteiger partial charge in [-0.05, 0) is 25.1 Å². The fourth-order valence-electron chi connectivity index (χ4n) is 3.31. The molecule has 0 radical (unpaired) electrons. The van der Waals surface area contributed by atoms with E-state index in [4.69, 9.17) is 4.74 Å². The highest BCUT2D eigenvalue weighted by atomic mass is 32.2. The Hall–Kier alpha value is -2.46. The van der Waals surface area contributed by atoms with Gasteiger partial charge in [0.25, 0.3) is 21.8 Å². The van der Waals surface area contributed by atoms with Crippen LogP contribution in [0, 0.1) is 0 Å². The number of carboxylic acids is 1. The molecule has 2 aliphatic heterocycles. The van der Waals surface area contributed by atoms with Crippen LogP contribution in [0.25, 0.3) is 0 Å². The Labute approximate surface area is 150 Å². The summed E-state index contributed by atoms with van der Waals surface area (Å²) in [5, 5.41) is 9.34. The minimum atomic E-state index is -4.00. The van der Waals surface area contributed by atoms with E-state index < -0.39 is 40.0 Å². The predicted molar refractivity (Wildman–Crippen MR) is 88.2 cm³/mol. The molecule has 0 bridgehead atoms. The third kappa shape index (κ3) is 2.65. The highest BCUT2D eigenvalue weighted by molar-refractivity contribution is 7.90. The first-order valence-electron chi connectivity index (χ1n) is 8.00. The minimum Gasteiger partial charge on any atom is -0.480 e. The van der Waals surface area contributed by atoms with Gasteiger partial charge in [-0.15, -0.1) is 0 Å². The highest BCUT2D eigenvalue weighted by Gasteiger charge is 2.43. The van der Waals surface area contributed by atoms with Crippen LogP contribution in [0.5, 0.6) is 0 Å². The maximum absolute atomic E-state index is 12.8. The Bertz CT molecular complexity index is 896. The summed E-state index contributed by atoms with van der Waals surface area (Å²) in [6.07, 6.45) is -0.251. The van der Waals surface area contributed by atoms with Gasteiger partial charge in [0.2, 0.25) is 0 Å². The van der Waals surface area contributed by atoms with Gasteiger partial charge in [-0.3, -0.25) is 9.59 Å². The van der Waals surface area contributed by atoms with Gasteiger partial charge in [-0.2, -0.15) is 0 Å². The maximum Gasteiger partial charge on any atom is 0.326 e. The number of hydrogen-bond donors (Lipinski definition) is 1. The van der Waals surface area contributed by atoms with Gasteiger partial charge in [0.1, 0.15) is 10.9 Å². The summed E-state index contributed by atoms with van der Waals surface area (Å²) in [5.74, 6) is -2.40. The van der Waals surface area contributed by atoms with Gasteiger partial charge < -0.3 is 14.7 Å². The quantitative estimate of drug-likeness (QED) is 0.787. The molecule has 2 atom stereocenters. The number of carboxylic acid groups (broad SMARTS) is 1. The van der Waals surface area contributed by atoms with Gasteiger partial charge in [0.15, 0.2) is 0 Å². The number of fused-ring (bicyclic) bond motifs is 1. The van der Waals surface area contributed by atoms with Crippen molar-refractivity contribution in [3.63, 3.8) is 0 Å². The first-order chi connectivity index (χ1) is 12.2. The van der Waals surface area contributed by atoms with Crippen LogP contribution in [0.2, 0.25) is 0 Å². The second-order valence-electron chi connectivity index (χ2n) is 6.09. The van der Waals surface area contributed by atoms with E-state index >= 15 is 0 Å². The smallest absolute Gasteiger partial charge is 0.326 e. The van der Waals surface area contributed by atoms with Crippen LogP contribution in [0.15, 0.2) is 23.1 Å². The van der Waals surface area contributed by atoms with Gasteiger partial charge in [-0.1, -0.05) is 0 Å². The van der Waals surface area contributed by atoms with Crippen molar-refractivity contribution in [1.29, 1.82) is 0 Å². The van der Waals surface area contributed by atoms with Crippen LogP contribution in [0.4, 0.5) is 0 Å². The van der Waals surface area contributed by atoms with E-state index in [1.54, 1.807) is 6.92 Å². The Morgan fingerprint density at radius 3 is 2.62 bits per heavy atom. The van der Waals surface area contributed by atoms with E-state index in [-0.39, 0.29) is 35.5 Å². The molecule has 26 heavy (non-hydrogen) atoms. The average Bonchev–Trinajstić information content (AvgIpc) is 3.12. The maximum atomic E-state index is 12.8. The summed E-state index contributed by atoms with van der Waals surface area (Å²) in [6, 6.07) is 2.72. The summed E-state index contributed by atoms with van der Waals surface area (Å²) >= 11 is 0. The van der Waals surface area contributed by atoms with Crippen LogP contribution in [-0.2, 0) is 19.6 Å². The van der Waals surface area contributed by atoms with Gasteiger partial charge in [0.05, 0.1) is 11.7 Å². The standard InChI is InChI=1S/C16H18N2O7S/c1-3-18-15(20)11-5-4-9(6-13(11)26(18,23)24)14(19)17-8-10(25-2)7-12(17)16(21)22/h4-6,10,12H,3,7-8H2,1-2H3,(H,21,22). The lowest BCUT2D eigenvalue weighted by Gasteiger charge is -2.21. The molecule has 9 nitrogen and oxygen atoms in total. The van der Waals surface area contributed by atoms with E-state index in [1.807, 2.05) is 0 Å². The summed E-state index contributed by atoms with van der Waals surface area (Å²) < 4.78 is 30.8. The Balaban J connectivity index is 1.98. The molecular formula is C16H18N2O7S. The highest BCUT2D eigenvalue weighted by Crippen LogP contribution is 2.32. The van der Waals surface area contributed by atoms with E-state index in [0.717, 1.165) is 15.3 Å². The van der Waals surface area contributed by atoms with Crippen molar-refractivity contribution >= 4 is 27.8 Å². The van der Waals surface area contributed by atoms with Crippen LogP contribution < -0.4 is 0 Å². The van der Waals surface area contributed by atoms with Gasteiger partial charge >= 0.3 is 5.97 Å². The normalized spacial score (nSPS) is 24.0. The van der Waals surface area contributed by atoms with E-state index in [1.165, 1.54) is 19.2 Å². The Kier molecular flexibility index (Phi) is 4.49. The number of carbonyl (C=O) groups excluding carboxylic acids is 2. The third-order valence-electron chi connectivity index (χ3n) is 4.68. The lowest BCUT2D eigenvalue weighted by molar-refractivity contribution is -0.141. The number of rotatable bonds is 4. The molecule has 1 aromatic rings. The average molecular weight is 382 g/mol. The zero-order valence-electron chi connectivity index (χ0n) is 14.2. The molecule has 2 unspecified atom stereocenters. The Morgan fingerprint density at radius 1 is 1.35 bits per heavy atom. The van der Waals surface area contributed by atoms with Crippen molar-refractivity contribution in [2.45, 2.75) is 30.4 Å². The number of aliphatic carboxylic acids is 1. The van der Waals surface area contributed by atoms with E-state index in [2.05, 4.69) is 0 Å². The molecule has 0 saturated carbocycles. The molecule has 140 valence electrons. The number of amides is 2. The topological polar surface area (TPSA) is 121 Å². The first-order valence-corrected chi connectivity index (χ1v) is 9.44. The minimum absolute atomic E-state index is 0.00868. The van der Waals surface area contributed by atoms with Crippen molar-refractivity contribution in [3.05, 3.63) is 29.3 Å². The molecular weight excluding hydrogens is 364 g/mol. The summed E-state index contributed by atoms with van der Waals surface area (Å²) in [4.78, 5) is 37.3. The molecule has 2 aliphatic rings. The molecule has 0 aliphatic carbocycles.